The third-order valence-electron chi connectivity index (χ3n) is 9.39. The average molecular weight is 519 g/mol. The van der Waals surface area contributed by atoms with Gasteiger partial charge in [-0.2, -0.15) is 0 Å². The standard InChI is InChI=1S/C27H38N10O/c1-16-13-36(9-8-28-16)26(32-22-11-18-10-21(17(22)2)27(18,3)4)30-19-6-7-20-23(12-19)31-24(35(5)25(20)38)14-37-15-29-33-34-37/h6-7,12,15-18,21-22,28H,8-11,13-14H2,1-5H3,(H,30,32)/t16-,17-,18+,21-,22?/m0/s1. The van der Waals surface area contributed by atoms with E-state index in [9.17, 15) is 4.79 Å². The molecule has 0 radical (unpaired) electrons. The smallest absolute Gasteiger partial charge is 0.261 e. The summed E-state index contributed by atoms with van der Waals surface area (Å²) in [6, 6.07) is 6.46. The molecule has 2 N–H and O–H groups in total. The number of fused-ring (bicyclic) bond motifs is 3. The summed E-state index contributed by atoms with van der Waals surface area (Å²) >= 11 is 0. The third-order valence-corrected chi connectivity index (χ3v) is 9.39. The van der Waals surface area contributed by atoms with Crippen molar-refractivity contribution in [1.82, 2.24) is 40.0 Å². The van der Waals surface area contributed by atoms with Gasteiger partial charge >= 0.3 is 0 Å². The van der Waals surface area contributed by atoms with Crippen molar-refractivity contribution in [3.63, 3.8) is 0 Å². The molecule has 3 aliphatic carbocycles. The van der Waals surface area contributed by atoms with Gasteiger partial charge in [0.2, 0.25) is 0 Å². The molecule has 4 fully saturated rings. The van der Waals surface area contributed by atoms with E-state index in [2.05, 4.69) is 58.8 Å². The van der Waals surface area contributed by atoms with Gasteiger partial charge in [0.1, 0.15) is 18.7 Å². The molecule has 1 saturated heterocycles. The number of guanidine groups is 1. The first kappa shape index (κ1) is 25.0. The second kappa shape index (κ2) is 9.44. The Morgan fingerprint density at radius 1 is 1.26 bits per heavy atom. The molecule has 38 heavy (non-hydrogen) atoms. The number of hydrogen-bond acceptors (Lipinski definition) is 7. The van der Waals surface area contributed by atoms with Crippen molar-refractivity contribution < 1.29 is 0 Å². The van der Waals surface area contributed by atoms with E-state index in [0.29, 0.717) is 46.7 Å². The Hall–Kier alpha value is -3.34. The van der Waals surface area contributed by atoms with Crippen molar-refractivity contribution in [2.75, 3.05) is 25.0 Å². The van der Waals surface area contributed by atoms with Gasteiger partial charge in [0.25, 0.3) is 5.56 Å². The summed E-state index contributed by atoms with van der Waals surface area (Å²) < 4.78 is 3.12. The average Bonchev–Trinajstić information content (AvgIpc) is 3.40. The zero-order valence-corrected chi connectivity index (χ0v) is 22.9. The van der Waals surface area contributed by atoms with Crippen molar-refractivity contribution in [3.05, 3.63) is 40.7 Å². The minimum absolute atomic E-state index is 0.0904. The van der Waals surface area contributed by atoms with Crippen LogP contribution < -0.4 is 16.2 Å². The van der Waals surface area contributed by atoms with E-state index >= 15 is 0 Å². The molecule has 3 aromatic rings. The molecule has 0 spiro atoms. The maximum Gasteiger partial charge on any atom is 0.261 e. The number of tetrazole rings is 1. The second-order valence-electron chi connectivity index (χ2n) is 12.0. The normalized spacial score (nSPS) is 28.8. The molecule has 3 saturated carbocycles. The van der Waals surface area contributed by atoms with Crippen LogP contribution in [0.1, 0.15) is 46.4 Å². The molecule has 4 aliphatic rings. The van der Waals surface area contributed by atoms with Crippen molar-refractivity contribution in [1.29, 1.82) is 0 Å². The number of nitrogens with one attached hydrogen (secondary N) is 2. The number of rotatable bonds is 4. The van der Waals surface area contributed by atoms with Gasteiger partial charge in [-0.3, -0.25) is 9.36 Å². The van der Waals surface area contributed by atoms with Gasteiger partial charge in [0.05, 0.1) is 16.9 Å². The van der Waals surface area contributed by atoms with E-state index in [-0.39, 0.29) is 5.56 Å². The number of aromatic nitrogens is 6. The van der Waals surface area contributed by atoms with E-state index in [1.807, 2.05) is 18.2 Å². The van der Waals surface area contributed by atoms with Gasteiger partial charge in [-0.1, -0.05) is 20.8 Å². The first-order valence-electron chi connectivity index (χ1n) is 13.7. The van der Waals surface area contributed by atoms with Crippen LogP contribution in [0.15, 0.2) is 34.3 Å². The van der Waals surface area contributed by atoms with E-state index in [1.54, 1.807) is 16.3 Å². The van der Waals surface area contributed by atoms with Gasteiger partial charge in [-0.15, -0.1) is 5.10 Å². The van der Waals surface area contributed by atoms with Crippen LogP contribution in [0.4, 0.5) is 5.69 Å². The van der Waals surface area contributed by atoms with Crippen LogP contribution >= 0.6 is 0 Å². The van der Waals surface area contributed by atoms with Crippen molar-refractivity contribution in [2.45, 2.75) is 59.2 Å². The third kappa shape index (κ3) is 4.36. The molecule has 2 aromatic heterocycles. The summed E-state index contributed by atoms with van der Waals surface area (Å²) in [5, 5.41) is 19.0. The fourth-order valence-corrected chi connectivity index (χ4v) is 6.83. The molecule has 1 unspecified atom stereocenters. The lowest BCUT2D eigenvalue weighted by Gasteiger charge is -2.61. The number of piperazine rings is 1. The Labute approximate surface area is 222 Å². The molecular formula is C27H38N10O. The molecule has 7 rings (SSSR count). The maximum absolute atomic E-state index is 13.1. The Kier molecular flexibility index (Phi) is 6.20. The van der Waals surface area contributed by atoms with E-state index in [4.69, 9.17) is 9.98 Å². The summed E-state index contributed by atoms with van der Waals surface area (Å²) in [5.74, 6) is 3.56. The Morgan fingerprint density at radius 3 is 2.82 bits per heavy atom. The molecule has 5 atom stereocenters. The van der Waals surface area contributed by atoms with Crippen LogP contribution in [-0.4, -0.2) is 72.3 Å². The van der Waals surface area contributed by atoms with Crippen molar-refractivity contribution in [3.8, 4) is 0 Å². The Balaban J connectivity index is 1.32. The SMILES string of the molecule is C[C@@H]1C(N=C(Nc2ccc3c(=O)n(C)c(Cn4cnnn4)nc3c2)N2CCN[C@@H](C)C2)C[C@H]2C[C@@H]1C2(C)C. The highest BCUT2D eigenvalue weighted by molar-refractivity contribution is 5.96. The highest BCUT2D eigenvalue weighted by atomic mass is 16.1. The van der Waals surface area contributed by atoms with Crippen molar-refractivity contribution >= 4 is 22.5 Å². The quantitative estimate of drug-likeness (QED) is 0.398. The topological polar surface area (TPSA) is 118 Å². The van der Waals surface area contributed by atoms with Gasteiger partial charge in [0, 0.05) is 38.4 Å². The molecule has 11 heteroatoms. The summed E-state index contributed by atoms with van der Waals surface area (Å²) in [7, 11) is 1.73. The van der Waals surface area contributed by atoms with E-state index in [1.165, 1.54) is 12.7 Å². The first-order valence-corrected chi connectivity index (χ1v) is 13.7. The lowest BCUT2D eigenvalue weighted by molar-refractivity contribution is -0.108. The molecule has 11 nitrogen and oxygen atoms in total. The minimum Gasteiger partial charge on any atom is -0.340 e. The van der Waals surface area contributed by atoms with Crippen LogP contribution in [0, 0.1) is 23.2 Å². The zero-order valence-electron chi connectivity index (χ0n) is 22.9. The first-order chi connectivity index (χ1) is 18.2. The van der Waals surface area contributed by atoms with Gasteiger partial charge < -0.3 is 15.5 Å². The highest BCUT2D eigenvalue weighted by Crippen LogP contribution is 2.61. The monoisotopic (exact) mass is 518 g/mol. The van der Waals surface area contributed by atoms with Crippen LogP contribution in [0.2, 0.25) is 0 Å². The molecular weight excluding hydrogens is 480 g/mol. The summed E-state index contributed by atoms with van der Waals surface area (Å²) in [5.41, 5.74) is 1.86. The Morgan fingerprint density at radius 2 is 2.11 bits per heavy atom. The molecule has 1 aromatic carbocycles. The highest BCUT2D eigenvalue weighted by Gasteiger charge is 2.56. The Bertz CT molecular complexity index is 1410. The van der Waals surface area contributed by atoms with Crippen LogP contribution in [-0.2, 0) is 13.6 Å². The predicted octanol–water partition coefficient (Wildman–Crippen LogP) is 2.10. The van der Waals surface area contributed by atoms with Crippen LogP contribution in [0.5, 0.6) is 0 Å². The zero-order chi connectivity index (χ0) is 26.6. The number of aliphatic imine (C=N–C) groups is 1. The molecule has 2 bridgehead atoms. The van der Waals surface area contributed by atoms with Crippen molar-refractivity contribution in [2.24, 2.45) is 35.2 Å². The molecule has 1 aliphatic heterocycles. The van der Waals surface area contributed by atoms with Crippen LogP contribution in [0.25, 0.3) is 10.9 Å². The molecule has 0 amide bonds. The lowest BCUT2D eigenvalue weighted by atomic mass is 9.45. The number of anilines is 1. The second-order valence-corrected chi connectivity index (χ2v) is 12.0. The van der Waals surface area contributed by atoms with Gasteiger partial charge in [0.15, 0.2) is 5.96 Å². The summed E-state index contributed by atoms with van der Waals surface area (Å²) in [6.45, 7) is 12.5. The molecule has 202 valence electrons. The van der Waals surface area contributed by atoms with E-state index < -0.39 is 0 Å². The summed E-state index contributed by atoms with van der Waals surface area (Å²) in [4.78, 5) is 25.6. The minimum atomic E-state index is -0.0904. The van der Waals surface area contributed by atoms with Gasteiger partial charge in [-0.05, 0) is 71.6 Å². The van der Waals surface area contributed by atoms with Gasteiger partial charge in [-0.25, -0.2) is 14.7 Å². The predicted molar refractivity (Wildman–Crippen MR) is 147 cm³/mol. The summed E-state index contributed by atoms with van der Waals surface area (Å²) in [6.07, 6.45) is 4.00. The largest absolute Gasteiger partial charge is 0.340 e. The van der Waals surface area contributed by atoms with Crippen LogP contribution in [0.3, 0.4) is 0 Å². The lowest BCUT2D eigenvalue weighted by Crippen LogP contribution is -2.57. The fourth-order valence-electron chi connectivity index (χ4n) is 6.83. The number of nitrogens with zero attached hydrogens (tertiary/aromatic N) is 8. The maximum atomic E-state index is 13.1. The fraction of sp³-hybridized carbons (Fsp3) is 0.630. The number of hydrogen-bond donors (Lipinski definition) is 2. The number of benzene rings is 1. The van der Waals surface area contributed by atoms with E-state index in [0.717, 1.165) is 49.5 Å². The molecule has 3 heterocycles.